The molecule has 0 amide bonds. The van der Waals surface area contributed by atoms with Gasteiger partial charge in [-0.25, -0.2) is 4.31 Å². The van der Waals surface area contributed by atoms with Crippen molar-refractivity contribution in [3.8, 4) is 0 Å². The van der Waals surface area contributed by atoms with Gasteiger partial charge in [-0.2, -0.15) is 0 Å². The second kappa shape index (κ2) is 7.62. The van der Waals surface area contributed by atoms with Crippen LogP contribution in [0.15, 0.2) is 0 Å². The molecule has 0 atom stereocenters. The van der Waals surface area contributed by atoms with E-state index in [0.29, 0.717) is 0 Å². The molecule has 0 aromatic heterocycles. The summed E-state index contributed by atoms with van der Waals surface area (Å²) < 4.78 is 2.12. The van der Waals surface area contributed by atoms with E-state index in [1.165, 1.54) is 24.8 Å². The summed E-state index contributed by atoms with van der Waals surface area (Å²) in [6, 6.07) is 0. The Kier molecular flexibility index (Phi) is 7.61. The van der Waals surface area contributed by atoms with Gasteiger partial charge in [-0.15, -0.1) is 0 Å². The van der Waals surface area contributed by atoms with Gasteiger partial charge in [0.15, 0.2) is 5.62 Å². The van der Waals surface area contributed by atoms with Crippen LogP contribution < -0.4 is 0 Å². The quantitative estimate of drug-likeness (QED) is 0.453. The van der Waals surface area contributed by atoms with Crippen LogP contribution in [0.2, 0.25) is 0 Å². The number of carbonyl (C=O) groups is 1. The summed E-state index contributed by atoms with van der Waals surface area (Å²) in [4.78, 5) is 10.3. The summed E-state index contributed by atoms with van der Waals surface area (Å²) in [7, 11) is 0. The highest BCUT2D eigenvalue weighted by Crippen LogP contribution is 2.14. The largest absolute Gasteiger partial charge is 0.290 e. The van der Waals surface area contributed by atoms with E-state index >= 15 is 0 Å². The lowest BCUT2D eigenvalue weighted by Crippen LogP contribution is -2.22. The Morgan fingerprint density at radius 2 is 1.92 bits per heavy atom. The third kappa shape index (κ3) is 4.78. The van der Waals surface area contributed by atoms with Crippen LogP contribution in [0.3, 0.4) is 0 Å². The SMILES string of the molecule is CCC(CC)CN(CC)SC=O. The molecule has 0 saturated carbocycles. The Morgan fingerprint density at radius 3 is 2.25 bits per heavy atom. The van der Waals surface area contributed by atoms with Crippen molar-refractivity contribution in [3.63, 3.8) is 0 Å². The first-order chi connectivity index (χ1) is 5.78. The van der Waals surface area contributed by atoms with Gasteiger partial charge in [-0.05, 0) is 17.9 Å². The fourth-order valence-corrected chi connectivity index (χ4v) is 1.71. The smallest absolute Gasteiger partial charge is 0.191 e. The number of hydrogen-bond donors (Lipinski definition) is 0. The van der Waals surface area contributed by atoms with E-state index in [9.17, 15) is 4.79 Å². The van der Waals surface area contributed by atoms with Crippen molar-refractivity contribution in [3.05, 3.63) is 0 Å². The maximum absolute atomic E-state index is 10.3. The highest BCUT2D eigenvalue weighted by molar-refractivity contribution is 8.09. The molecule has 0 bridgehead atoms. The third-order valence-electron chi connectivity index (χ3n) is 2.16. The summed E-state index contributed by atoms with van der Waals surface area (Å²) in [6.45, 7) is 8.47. The monoisotopic (exact) mass is 189 g/mol. The molecule has 0 radical (unpaired) electrons. The molecule has 0 aliphatic heterocycles. The van der Waals surface area contributed by atoms with E-state index in [0.717, 1.165) is 24.6 Å². The zero-order chi connectivity index (χ0) is 9.40. The molecule has 0 N–H and O–H groups in total. The van der Waals surface area contributed by atoms with Crippen LogP contribution in [-0.4, -0.2) is 23.0 Å². The Bertz CT molecular complexity index is 115. The molecule has 0 aromatic rings. The molecule has 0 aliphatic carbocycles. The number of carbonyl (C=O) groups excluding carboxylic acids is 1. The topological polar surface area (TPSA) is 20.3 Å². The summed E-state index contributed by atoms with van der Waals surface area (Å²) in [5.74, 6) is 0.734. The average molecular weight is 189 g/mol. The molecule has 72 valence electrons. The maximum atomic E-state index is 10.3. The van der Waals surface area contributed by atoms with Crippen molar-refractivity contribution >= 4 is 17.6 Å². The first-order valence-electron chi connectivity index (χ1n) is 4.63. The van der Waals surface area contributed by atoms with E-state index in [-0.39, 0.29) is 0 Å². The molecule has 0 unspecified atom stereocenters. The normalized spacial score (nSPS) is 11.1. The maximum Gasteiger partial charge on any atom is 0.191 e. The second-order valence-electron chi connectivity index (χ2n) is 2.86. The first kappa shape index (κ1) is 12.0. The zero-order valence-electron chi connectivity index (χ0n) is 8.25. The van der Waals surface area contributed by atoms with Crippen LogP contribution in [0, 0.1) is 5.92 Å². The molecule has 0 aliphatic rings. The lowest BCUT2D eigenvalue weighted by atomic mass is 10.0. The first-order valence-corrected chi connectivity index (χ1v) is 5.47. The minimum absolute atomic E-state index is 0.734. The van der Waals surface area contributed by atoms with E-state index in [1.807, 2.05) is 0 Å². The summed E-state index contributed by atoms with van der Waals surface area (Å²) in [5.41, 5.74) is 0.909. The fraction of sp³-hybridized carbons (Fsp3) is 0.889. The van der Waals surface area contributed by atoms with Crippen LogP contribution in [0.1, 0.15) is 33.6 Å². The van der Waals surface area contributed by atoms with Gasteiger partial charge in [0.1, 0.15) is 0 Å². The van der Waals surface area contributed by atoms with E-state index < -0.39 is 0 Å². The minimum Gasteiger partial charge on any atom is -0.290 e. The number of rotatable bonds is 7. The second-order valence-corrected chi connectivity index (χ2v) is 3.78. The average Bonchev–Trinajstić information content (AvgIpc) is 2.12. The van der Waals surface area contributed by atoms with Crippen LogP contribution >= 0.6 is 11.9 Å². The molecular formula is C9H19NOS. The van der Waals surface area contributed by atoms with Gasteiger partial charge in [0, 0.05) is 13.1 Å². The van der Waals surface area contributed by atoms with Crippen LogP contribution in [0.25, 0.3) is 0 Å². The van der Waals surface area contributed by atoms with E-state index in [1.54, 1.807) is 0 Å². The number of hydrogen-bond acceptors (Lipinski definition) is 3. The van der Waals surface area contributed by atoms with Gasteiger partial charge in [0.05, 0.1) is 0 Å². The predicted octanol–water partition coefficient (Wildman–Crippen LogP) is 2.58. The Morgan fingerprint density at radius 1 is 1.33 bits per heavy atom. The van der Waals surface area contributed by atoms with Gasteiger partial charge in [0.2, 0.25) is 0 Å². The van der Waals surface area contributed by atoms with Crippen molar-refractivity contribution in [2.24, 2.45) is 5.92 Å². The Labute approximate surface area is 79.8 Å². The summed E-state index contributed by atoms with van der Waals surface area (Å²) in [5, 5.41) is 0. The van der Waals surface area contributed by atoms with Gasteiger partial charge < -0.3 is 0 Å². The Hall–Kier alpha value is -0.0200. The van der Waals surface area contributed by atoms with Crippen LogP contribution in [0.4, 0.5) is 0 Å². The summed E-state index contributed by atoms with van der Waals surface area (Å²) in [6.07, 6.45) is 2.40. The summed E-state index contributed by atoms with van der Waals surface area (Å²) >= 11 is 1.29. The van der Waals surface area contributed by atoms with Gasteiger partial charge in [-0.1, -0.05) is 33.6 Å². The standard InChI is InChI=1S/C9H19NOS/c1-4-9(5-2)7-10(6-3)12-8-11/h8-9H,4-7H2,1-3H3. The molecule has 0 spiro atoms. The highest BCUT2D eigenvalue weighted by atomic mass is 32.2. The van der Waals surface area contributed by atoms with E-state index in [4.69, 9.17) is 0 Å². The highest BCUT2D eigenvalue weighted by Gasteiger charge is 2.09. The van der Waals surface area contributed by atoms with Crippen LogP contribution in [0.5, 0.6) is 0 Å². The molecule has 0 rings (SSSR count). The van der Waals surface area contributed by atoms with E-state index in [2.05, 4.69) is 25.1 Å². The molecule has 3 heteroatoms. The van der Waals surface area contributed by atoms with Gasteiger partial charge in [0.25, 0.3) is 0 Å². The molecule has 2 nitrogen and oxygen atoms in total. The Balaban J connectivity index is 3.73. The molecule has 0 fully saturated rings. The van der Waals surface area contributed by atoms with Crippen molar-refractivity contribution in [1.82, 2.24) is 4.31 Å². The predicted molar refractivity (Wildman–Crippen MR) is 55.7 cm³/mol. The van der Waals surface area contributed by atoms with Gasteiger partial charge in [-0.3, -0.25) is 4.79 Å². The van der Waals surface area contributed by atoms with Crippen molar-refractivity contribution in [1.29, 1.82) is 0 Å². The minimum atomic E-state index is 0.734. The fourth-order valence-electron chi connectivity index (χ4n) is 1.14. The lowest BCUT2D eigenvalue weighted by molar-refractivity contribution is 0.366. The van der Waals surface area contributed by atoms with Crippen molar-refractivity contribution in [2.75, 3.05) is 13.1 Å². The van der Waals surface area contributed by atoms with Crippen molar-refractivity contribution < 1.29 is 4.79 Å². The third-order valence-corrected chi connectivity index (χ3v) is 2.95. The molecule has 0 saturated heterocycles. The van der Waals surface area contributed by atoms with Crippen LogP contribution in [-0.2, 0) is 4.79 Å². The van der Waals surface area contributed by atoms with Crippen molar-refractivity contribution in [2.45, 2.75) is 33.6 Å². The number of nitrogens with zero attached hydrogens (tertiary/aromatic N) is 1. The molecular weight excluding hydrogens is 170 g/mol. The van der Waals surface area contributed by atoms with Gasteiger partial charge >= 0.3 is 0 Å². The lowest BCUT2D eigenvalue weighted by Gasteiger charge is -2.21. The molecule has 12 heavy (non-hydrogen) atoms. The molecule has 0 aromatic carbocycles. The zero-order valence-corrected chi connectivity index (χ0v) is 9.06. The molecule has 0 heterocycles.